The number of ether oxygens (including phenoxy) is 4. The molecule has 1 N–H and O–H groups in total. The molecule has 1 aliphatic heterocycles. The standard InChI is InChI=1S/C38H29N5O8/c44-34(24-13-5-1-6-14-24)42-32-29-33(40-22-39-32)43(23-41-29)35-31(51-38(47)27-19-11-4-12-20-27)30(50-37(46)26-17-9-3-10-18-26)28(49-35)21-48-36(45)25-15-7-2-8-16-25/h1-20,22-23,28,30-31,35H,21H2,(H,39,40,42,44)/t28-,30?,31?,35-/m1/s1. The second kappa shape index (κ2) is 14.8. The number of fused-ring (bicyclic) bond motifs is 1. The minimum atomic E-state index is -1.29. The Morgan fingerprint density at radius 1 is 0.627 bits per heavy atom. The Balaban J connectivity index is 1.25. The number of nitrogens with zero attached hydrogens (tertiary/aromatic N) is 4. The maximum absolute atomic E-state index is 13.5. The van der Waals surface area contributed by atoms with Crippen molar-refractivity contribution in [2.75, 3.05) is 11.9 Å². The van der Waals surface area contributed by atoms with Gasteiger partial charge in [0.05, 0.1) is 23.0 Å². The highest BCUT2D eigenvalue weighted by molar-refractivity contribution is 6.06. The van der Waals surface area contributed by atoms with Gasteiger partial charge < -0.3 is 24.3 Å². The number of hydrogen-bond acceptors (Lipinski definition) is 11. The summed E-state index contributed by atoms with van der Waals surface area (Å²) in [6.07, 6.45) is -2.23. The van der Waals surface area contributed by atoms with Crippen LogP contribution < -0.4 is 5.32 Å². The van der Waals surface area contributed by atoms with E-state index in [1.165, 1.54) is 17.2 Å². The normalized spacial score (nSPS) is 18.1. The quantitative estimate of drug-likeness (QED) is 0.148. The van der Waals surface area contributed by atoms with Crippen LogP contribution in [0.1, 0.15) is 47.7 Å². The minimum Gasteiger partial charge on any atom is -0.459 e. The van der Waals surface area contributed by atoms with E-state index in [-0.39, 0.29) is 34.7 Å². The summed E-state index contributed by atoms with van der Waals surface area (Å²) in [6, 6.07) is 33.5. The number of carbonyl (C=O) groups is 4. The molecule has 1 saturated heterocycles. The molecule has 0 aliphatic carbocycles. The van der Waals surface area contributed by atoms with Gasteiger partial charge in [0.1, 0.15) is 19.0 Å². The van der Waals surface area contributed by atoms with Crippen molar-refractivity contribution in [2.45, 2.75) is 24.5 Å². The lowest BCUT2D eigenvalue weighted by Crippen LogP contribution is -2.41. The second-order valence-electron chi connectivity index (χ2n) is 11.4. The molecular weight excluding hydrogens is 654 g/mol. The third-order valence-electron chi connectivity index (χ3n) is 8.08. The van der Waals surface area contributed by atoms with E-state index in [9.17, 15) is 19.2 Å². The first-order valence-corrected chi connectivity index (χ1v) is 15.9. The lowest BCUT2D eigenvalue weighted by molar-refractivity contribution is -0.0606. The van der Waals surface area contributed by atoms with Crippen molar-refractivity contribution in [3.05, 3.63) is 156 Å². The molecule has 6 aromatic rings. The molecule has 1 aliphatic rings. The zero-order chi connectivity index (χ0) is 35.2. The molecule has 2 unspecified atom stereocenters. The maximum Gasteiger partial charge on any atom is 0.338 e. The van der Waals surface area contributed by atoms with Crippen LogP contribution in [0.3, 0.4) is 0 Å². The molecule has 13 nitrogen and oxygen atoms in total. The summed E-state index contributed by atoms with van der Waals surface area (Å²) in [5.74, 6) is -2.34. The van der Waals surface area contributed by atoms with E-state index in [1.807, 2.05) is 0 Å². The van der Waals surface area contributed by atoms with Gasteiger partial charge >= 0.3 is 17.9 Å². The number of aromatic nitrogens is 4. The molecule has 3 heterocycles. The molecule has 0 spiro atoms. The lowest BCUT2D eigenvalue weighted by Gasteiger charge is -2.25. The van der Waals surface area contributed by atoms with Crippen molar-refractivity contribution < 1.29 is 38.1 Å². The summed E-state index contributed by atoms with van der Waals surface area (Å²) in [6.45, 7) is -0.365. The summed E-state index contributed by atoms with van der Waals surface area (Å²) in [7, 11) is 0. The molecule has 13 heteroatoms. The molecule has 2 aromatic heterocycles. The van der Waals surface area contributed by atoms with Crippen molar-refractivity contribution in [3.63, 3.8) is 0 Å². The Morgan fingerprint density at radius 3 is 1.71 bits per heavy atom. The highest BCUT2D eigenvalue weighted by Crippen LogP contribution is 2.37. The fourth-order valence-electron chi connectivity index (χ4n) is 5.58. The summed E-state index contributed by atoms with van der Waals surface area (Å²) >= 11 is 0. The number of nitrogens with one attached hydrogen (secondary N) is 1. The largest absolute Gasteiger partial charge is 0.459 e. The topological polar surface area (TPSA) is 161 Å². The van der Waals surface area contributed by atoms with Crippen molar-refractivity contribution in [1.29, 1.82) is 0 Å². The van der Waals surface area contributed by atoms with Crippen molar-refractivity contribution >= 4 is 40.8 Å². The number of rotatable bonds is 10. The fraction of sp³-hybridized carbons (Fsp3) is 0.132. The van der Waals surface area contributed by atoms with Gasteiger partial charge in [0, 0.05) is 5.56 Å². The molecule has 7 rings (SSSR count). The van der Waals surface area contributed by atoms with Gasteiger partial charge in [-0.1, -0.05) is 72.8 Å². The fourth-order valence-corrected chi connectivity index (χ4v) is 5.58. The maximum atomic E-state index is 13.5. The average Bonchev–Trinajstić information content (AvgIpc) is 3.76. The van der Waals surface area contributed by atoms with E-state index in [4.69, 9.17) is 18.9 Å². The van der Waals surface area contributed by atoms with Gasteiger partial charge in [0.2, 0.25) is 0 Å². The van der Waals surface area contributed by atoms with Gasteiger partial charge in [-0.3, -0.25) is 9.36 Å². The van der Waals surface area contributed by atoms with Crippen LogP contribution in [0, 0.1) is 0 Å². The zero-order valence-corrected chi connectivity index (χ0v) is 26.8. The van der Waals surface area contributed by atoms with Crippen molar-refractivity contribution in [2.24, 2.45) is 0 Å². The Kier molecular flexibility index (Phi) is 9.52. The molecule has 254 valence electrons. The van der Waals surface area contributed by atoms with E-state index < -0.39 is 48.4 Å². The summed E-state index contributed by atoms with van der Waals surface area (Å²) < 4.78 is 25.6. The summed E-state index contributed by atoms with van der Waals surface area (Å²) in [5.41, 5.74) is 1.64. The van der Waals surface area contributed by atoms with Crippen LogP contribution in [0.25, 0.3) is 11.2 Å². The van der Waals surface area contributed by atoms with Crippen molar-refractivity contribution in [3.8, 4) is 0 Å². The summed E-state index contributed by atoms with van der Waals surface area (Å²) in [4.78, 5) is 66.1. The highest BCUT2D eigenvalue weighted by Gasteiger charge is 2.52. The first-order chi connectivity index (χ1) is 25.0. The molecular formula is C38H29N5O8. The van der Waals surface area contributed by atoms with E-state index >= 15 is 0 Å². The zero-order valence-electron chi connectivity index (χ0n) is 26.8. The summed E-state index contributed by atoms with van der Waals surface area (Å²) in [5, 5.41) is 2.76. The highest BCUT2D eigenvalue weighted by atomic mass is 16.7. The first-order valence-electron chi connectivity index (χ1n) is 15.9. The molecule has 51 heavy (non-hydrogen) atoms. The molecule has 1 amide bonds. The monoisotopic (exact) mass is 683 g/mol. The Bertz CT molecular complexity index is 2160. The molecule has 0 saturated carbocycles. The number of anilines is 1. The number of imidazole rings is 1. The van der Waals surface area contributed by atoms with Crippen LogP contribution >= 0.6 is 0 Å². The van der Waals surface area contributed by atoms with E-state index in [0.717, 1.165) is 0 Å². The number of hydrogen-bond donors (Lipinski definition) is 1. The number of amides is 1. The Hall–Kier alpha value is -6.73. The second-order valence-corrected chi connectivity index (χ2v) is 11.4. The van der Waals surface area contributed by atoms with Crippen LogP contribution in [0.5, 0.6) is 0 Å². The minimum absolute atomic E-state index is 0.129. The van der Waals surface area contributed by atoms with Gasteiger partial charge in [-0.25, -0.2) is 29.3 Å². The van der Waals surface area contributed by atoms with Crippen LogP contribution in [-0.2, 0) is 18.9 Å². The van der Waals surface area contributed by atoms with Crippen LogP contribution in [-0.4, -0.2) is 68.3 Å². The van der Waals surface area contributed by atoms with Gasteiger partial charge in [-0.05, 0) is 48.5 Å². The molecule has 0 radical (unpaired) electrons. The molecule has 4 aromatic carbocycles. The smallest absolute Gasteiger partial charge is 0.338 e. The molecule has 1 fully saturated rings. The van der Waals surface area contributed by atoms with Gasteiger partial charge in [0.25, 0.3) is 5.91 Å². The van der Waals surface area contributed by atoms with Crippen LogP contribution in [0.15, 0.2) is 134 Å². The van der Waals surface area contributed by atoms with Crippen LogP contribution in [0.4, 0.5) is 5.82 Å². The first kappa shape index (κ1) is 32.8. The lowest BCUT2D eigenvalue weighted by atomic mass is 10.1. The Morgan fingerprint density at radius 2 is 1.14 bits per heavy atom. The predicted octanol–water partition coefficient (Wildman–Crippen LogP) is 5.28. The van der Waals surface area contributed by atoms with Gasteiger partial charge in [-0.15, -0.1) is 0 Å². The van der Waals surface area contributed by atoms with Gasteiger partial charge in [-0.2, -0.15) is 0 Å². The van der Waals surface area contributed by atoms with E-state index in [2.05, 4.69) is 20.3 Å². The predicted molar refractivity (Wildman–Crippen MR) is 182 cm³/mol. The van der Waals surface area contributed by atoms with Gasteiger partial charge in [0.15, 0.2) is 35.4 Å². The third kappa shape index (κ3) is 7.19. The number of benzene rings is 4. The van der Waals surface area contributed by atoms with Crippen LogP contribution in [0.2, 0.25) is 0 Å². The Labute approximate surface area is 290 Å². The third-order valence-corrected chi connectivity index (χ3v) is 8.08. The molecule has 4 atom stereocenters. The number of carbonyl (C=O) groups excluding carboxylic acids is 4. The van der Waals surface area contributed by atoms with E-state index in [1.54, 1.807) is 121 Å². The SMILES string of the molecule is O=C(Nc1ncnc2c1ncn2[C@@H]1O[C@H](COC(=O)c2ccccc2)C(OC(=O)c2ccccc2)C1OC(=O)c1ccccc1)c1ccccc1. The number of esters is 3. The molecule has 0 bridgehead atoms. The average molecular weight is 684 g/mol. The van der Waals surface area contributed by atoms with E-state index in [0.29, 0.717) is 11.1 Å². The van der Waals surface area contributed by atoms with Crippen molar-refractivity contribution in [1.82, 2.24) is 19.5 Å².